The molecule has 3 nitrogen and oxygen atoms in total. The van der Waals surface area contributed by atoms with E-state index in [2.05, 4.69) is 0 Å². The predicted octanol–water partition coefficient (Wildman–Crippen LogP) is 3.13. The summed E-state index contributed by atoms with van der Waals surface area (Å²) < 4.78 is 0. The normalized spacial score (nSPS) is 24.5. The molecule has 0 aliphatic heterocycles. The molecule has 0 bridgehead atoms. The van der Waals surface area contributed by atoms with E-state index in [9.17, 15) is 14.7 Å². The Labute approximate surface area is 104 Å². The molecule has 0 radical (unpaired) electrons. The van der Waals surface area contributed by atoms with Crippen LogP contribution in [-0.4, -0.2) is 16.9 Å². The number of carbonyl (C=O) groups is 2. The number of ketones is 1. The maximum Gasteiger partial charge on any atom is 0.307 e. The number of rotatable bonds is 3. The van der Waals surface area contributed by atoms with E-state index in [1.54, 1.807) is 0 Å². The summed E-state index contributed by atoms with van der Waals surface area (Å²) in [6.45, 7) is 1.91. The highest BCUT2D eigenvalue weighted by atomic mass is 32.1. The van der Waals surface area contributed by atoms with Crippen LogP contribution in [0.15, 0.2) is 11.4 Å². The van der Waals surface area contributed by atoms with Crippen molar-refractivity contribution in [2.24, 2.45) is 11.8 Å². The van der Waals surface area contributed by atoms with E-state index in [0.29, 0.717) is 12.8 Å². The zero-order chi connectivity index (χ0) is 12.4. The van der Waals surface area contributed by atoms with Crippen LogP contribution in [0.3, 0.4) is 0 Å². The zero-order valence-corrected chi connectivity index (χ0v) is 10.6. The average Bonchev–Trinajstić information content (AvgIpc) is 2.74. The molecule has 0 aromatic carbocycles. The minimum Gasteiger partial charge on any atom is -0.481 e. The van der Waals surface area contributed by atoms with Gasteiger partial charge in [0.05, 0.1) is 10.8 Å². The number of aliphatic carboxylic acids is 1. The largest absolute Gasteiger partial charge is 0.481 e. The molecular formula is C13H16O3S. The Bertz CT molecular complexity index is 436. The van der Waals surface area contributed by atoms with E-state index in [-0.39, 0.29) is 11.7 Å². The fourth-order valence-corrected chi connectivity index (χ4v) is 3.46. The second-order valence-corrected chi connectivity index (χ2v) is 5.55. The van der Waals surface area contributed by atoms with Crippen molar-refractivity contribution in [3.05, 3.63) is 21.9 Å². The van der Waals surface area contributed by atoms with Crippen molar-refractivity contribution in [2.45, 2.75) is 32.6 Å². The molecule has 2 rings (SSSR count). The van der Waals surface area contributed by atoms with Gasteiger partial charge in [0.2, 0.25) is 0 Å². The number of Topliss-reactive ketones (excluding diaryl/α,β-unsaturated/α-hetero) is 1. The van der Waals surface area contributed by atoms with Gasteiger partial charge in [-0.15, -0.1) is 11.3 Å². The number of hydrogen-bond acceptors (Lipinski definition) is 3. The molecule has 0 saturated heterocycles. The van der Waals surface area contributed by atoms with Crippen LogP contribution in [0.4, 0.5) is 0 Å². The van der Waals surface area contributed by atoms with Gasteiger partial charge in [0.25, 0.3) is 0 Å². The summed E-state index contributed by atoms with van der Waals surface area (Å²) in [6, 6.07) is 1.91. The first-order chi connectivity index (χ1) is 8.11. The molecule has 0 spiro atoms. The van der Waals surface area contributed by atoms with Crippen molar-refractivity contribution in [3.63, 3.8) is 0 Å². The van der Waals surface area contributed by atoms with Gasteiger partial charge >= 0.3 is 5.97 Å². The summed E-state index contributed by atoms with van der Waals surface area (Å²) in [5.74, 6) is -1.60. The molecule has 1 aromatic heterocycles. The van der Waals surface area contributed by atoms with Gasteiger partial charge in [-0.25, -0.2) is 0 Å². The third kappa shape index (κ3) is 2.41. The van der Waals surface area contributed by atoms with E-state index in [0.717, 1.165) is 23.3 Å². The fourth-order valence-electron chi connectivity index (χ4n) is 2.53. The Morgan fingerprint density at radius 1 is 1.29 bits per heavy atom. The summed E-state index contributed by atoms with van der Waals surface area (Å²) in [6.07, 6.45) is 3.23. The second kappa shape index (κ2) is 5.00. The van der Waals surface area contributed by atoms with Gasteiger partial charge in [0.15, 0.2) is 5.78 Å². The molecule has 1 saturated carbocycles. The first kappa shape index (κ1) is 12.3. The summed E-state index contributed by atoms with van der Waals surface area (Å²) >= 11 is 1.42. The predicted molar refractivity (Wildman–Crippen MR) is 66.5 cm³/mol. The molecule has 0 unspecified atom stereocenters. The average molecular weight is 252 g/mol. The van der Waals surface area contributed by atoms with Crippen molar-refractivity contribution in [2.75, 3.05) is 0 Å². The minimum absolute atomic E-state index is 0.0320. The lowest BCUT2D eigenvalue weighted by Crippen LogP contribution is -2.32. The van der Waals surface area contributed by atoms with Crippen LogP contribution in [-0.2, 0) is 4.79 Å². The number of carboxylic acids is 1. The molecule has 1 N–H and O–H groups in total. The lowest BCUT2D eigenvalue weighted by atomic mass is 9.76. The van der Waals surface area contributed by atoms with E-state index in [1.165, 1.54) is 11.3 Å². The van der Waals surface area contributed by atoms with Gasteiger partial charge in [-0.2, -0.15) is 0 Å². The van der Waals surface area contributed by atoms with E-state index >= 15 is 0 Å². The first-order valence-electron chi connectivity index (χ1n) is 5.92. The number of carboxylic acid groups (broad SMARTS) is 1. The van der Waals surface area contributed by atoms with Crippen molar-refractivity contribution < 1.29 is 14.7 Å². The summed E-state index contributed by atoms with van der Waals surface area (Å²) in [5, 5.41) is 11.1. The summed E-state index contributed by atoms with van der Waals surface area (Å²) in [7, 11) is 0. The third-order valence-electron chi connectivity index (χ3n) is 3.51. The van der Waals surface area contributed by atoms with E-state index < -0.39 is 11.9 Å². The van der Waals surface area contributed by atoms with Gasteiger partial charge in [0.1, 0.15) is 0 Å². The maximum absolute atomic E-state index is 12.3. The number of hydrogen-bond donors (Lipinski definition) is 1. The van der Waals surface area contributed by atoms with Crippen molar-refractivity contribution in [3.8, 4) is 0 Å². The fraction of sp³-hybridized carbons (Fsp3) is 0.538. The van der Waals surface area contributed by atoms with Crippen LogP contribution >= 0.6 is 11.3 Å². The number of carbonyl (C=O) groups excluding carboxylic acids is 1. The van der Waals surface area contributed by atoms with Crippen LogP contribution in [0.25, 0.3) is 0 Å². The third-order valence-corrected chi connectivity index (χ3v) is 4.54. The Hall–Kier alpha value is -1.16. The molecule has 1 aliphatic carbocycles. The highest BCUT2D eigenvalue weighted by Gasteiger charge is 2.36. The monoisotopic (exact) mass is 252 g/mol. The number of thiophene rings is 1. The zero-order valence-electron chi connectivity index (χ0n) is 9.81. The lowest BCUT2D eigenvalue weighted by Gasteiger charge is -2.27. The summed E-state index contributed by atoms with van der Waals surface area (Å²) in [4.78, 5) is 24.3. The van der Waals surface area contributed by atoms with Gasteiger partial charge in [-0.1, -0.05) is 12.8 Å². The molecule has 4 heteroatoms. The van der Waals surface area contributed by atoms with Gasteiger partial charge in [0, 0.05) is 5.92 Å². The smallest absolute Gasteiger partial charge is 0.307 e. The van der Waals surface area contributed by atoms with Crippen LogP contribution in [0.2, 0.25) is 0 Å². The molecule has 92 valence electrons. The molecule has 2 atom stereocenters. The van der Waals surface area contributed by atoms with Crippen molar-refractivity contribution in [1.82, 2.24) is 0 Å². The Morgan fingerprint density at radius 2 is 1.94 bits per heavy atom. The molecular weight excluding hydrogens is 236 g/mol. The highest BCUT2D eigenvalue weighted by molar-refractivity contribution is 7.12. The molecule has 1 heterocycles. The standard InChI is InChI=1S/C13H16O3S/c1-8-6-7-17-12(8)11(14)9-4-2-3-5-10(9)13(15)16/h6-7,9-10H,2-5H2,1H3,(H,15,16)/t9-,10+/m1/s1. The van der Waals surface area contributed by atoms with Crippen LogP contribution in [0.1, 0.15) is 40.9 Å². The summed E-state index contributed by atoms with van der Waals surface area (Å²) in [5.41, 5.74) is 0.967. The quantitative estimate of drug-likeness (QED) is 0.841. The van der Waals surface area contributed by atoms with Crippen LogP contribution in [0, 0.1) is 18.8 Å². The van der Waals surface area contributed by atoms with Gasteiger partial charge in [-0.05, 0) is 36.8 Å². The molecule has 1 fully saturated rings. The SMILES string of the molecule is Cc1ccsc1C(=O)[C@@H]1CCCC[C@@H]1C(=O)O. The number of aryl methyl sites for hydroxylation is 1. The lowest BCUT2D eigenvalue weighted by molar-refractivity contribution is -0.144. The highest BCUT2D eigenvalue weighted by Crippen LogP contribution is 2.34. The Balaban J connectivity index is 2.23. The van der Waals surface area contributed by atoms with Gasteiger partial charge in [-0.3, -0.25) is 9.59 Å². The first-order valence-corrected chi connectivity index (χ1v) is 6.80. The Kier molecular flexibility index (Phi) is 3.62. The van der Waals surface area contributed by atoms with Crippen LogP contribution in [0.5, 0.6) is 0 Å². The molecule has 0 amide bonds. The van der Waals surface area contributed by atoms with Crippen molar-refractivity contribution >= 4 is 23.1 Å². The van der Waals surface area contributed by atoms with E-state index in [1.807, 2.05) is 18.4 Å². The Morgan fingerprint density at radius 3 is 2.47 bits per heavy atom. The van der Waals surface area contributed by atoms with E-state index in [4.69, 9.17) is 0 Å². The molecule has 1 aromatic rings. The second-order valence-electron chi connectivity index (χ2n) is 4.63. The molecule has 1 aliphatic rings. The van der Waals surface area contributed by atoms with Crippen molar-refractivity contribution in [1.29, 1.82) is 0 Å². The molecule has 17 heavy (non-hydrogen) atoms. The van der Waals surface area contributed by atoms with Gasteiger partial charge < -0.3 is 5.11 Å². The minimum atomic E-state index is -0.822. The maximum atomic E-state index is 12.3. The van der Waals surface area contributed by atoms with Crippen LogP contribution < -0.4 is 0 Å². The topological polar surface area (TPSA) is 54.4 Å².